The second-order valence-electron chi connectivity index (χ2n) is 5.25. The third-order valence-corrected chi connectivity index (χ3v) is 3.84. The molecule has 0 amide bonds. The number of rotatable bonds is 2. The van der Waals surface area contributed by atoms with Crippen LogP contribution in [-0.4, -0.2) is 9.97 Å². The Morgan fingerprint density at radius 3 is 2.00 bits per heavy atom. The van der Waals surface area contributed by atoms with Crippen molar-refractivity contribution in [2.24, 2.45) is 0 Å². The Labute approximate surface area is 127 Å². The van der Waals surface area contributed by atoms with Gasteiger partial charge in [-0.05, 0) is 34.4 Å². The molecule has 0 radical (unpaired) electrons. The van der Waals surface area contributed by atoms with Crippen LogP contribution in [0.25, 0.3) is 33.3 Å². The zero-order valence-corrected chi connectivity index (χ0v) is 11.8. The third-order valence-electron chi connectivity index (χ3n) is 3.84. The molecule has 4 rings (SSSR count). The first-order valence-corrected chi connectivity index (χ1v) is 7.18. The molecule has 0 atom stereocenters. The average Bonchev–Trinajstić information content (AvgIpc) is 2.95. The van der Waals surface area contributed by atoms with Gasteiger partial charge in [-0.1, -0.05) is 60.7 Å². The fourth-order valence-electron chi connectivity index (χ4n) is 2.80. The molecule has 0 unspecified atom stereocenters. The van der Waals surface area contributed by atoms with Gasteiger partial charge in [0.1, 0.15) is 0 Å². The van der Waals surface area contributed by atoms with Crippen molar-refractivity contribution in [3.05, 3.63) is 83.3 Å². The second kappa shape index (κ2) is 5.04. The predicted molar refractivity (Wildman–Crippen MR) is 89.8 cm³/mol. The smallest absolute Gasteiger partial charge is 0.306 e. The van der Waals surface area contributed by atoms with Crippen LogP contribution in [0.15, 0.2) is 77.6 Å². The van der Waals surface area contributed by atoms with E-state index in [-0.39, 0.29) is 5.69 Å². The van der Waals surface area contributed by atoms with Crippen molar-refractivity contribution in [3.63, 3.8) is 0 Å². The first-order valence-electron chi connectivity index (χ1n) is 7.18. The molecule has 0 aliphatic rings. The highest BCUT2D eigenvalue weighted by Gasteiger charge is 2.08. The summed E-state index contributed by atoms with van der Waals surface area (Å²) in [6.07, 6.45) is 0. The number of aromatic nitrogens is 2. The SMILES string of the molecule is O=c1[nH]c2ccc(-c3ccccc3-c3ccccc3)cc2[nH]1. The Balaban J connectivity index is 1.93. The number of hydrogen-bond acceptors (Lipinski definition) is 1. The number of nitrogens with one attached hydrogen (secondary N) is 2. The van der Waals surface area contributed by atoms with E-state index in [0.29, 0.717) is 0 Å². The molecule has 0 saturated carbocycles. The number of hydrogen-bond donors (Lipinski definition) is 2. The van der Waals surface area contributed by atoms with Crippen LogP contribution in [0, 0.1) is 0 Å². The van der Waals surface area contributed by atoms with Crippen LogP contribution in [0.2, 0.25) is 0 Å². The minimum atomic E-state index is -0.177. The summed E-state index contributed by atoms with van der Waals surface area (Å²) in [4.78, 5) is 17.0. The zero-order valence-electron chi connectivity index (χ0n) is 11.8. The van der Waals surface area contributed by atoms with Gasteiger partial charge in [-0.25, -0.2) is 4.79 Å². The van der Waals surface area contributed by atoms with Crippen LogP contribution in [0.1, 0.15) is 0 Å². The van der Waals surface area contributed by atoms with Crippen LogP contribution >= 0.6 is 0 Å². The van der Waals surface area contributed by atoms with Gasteiger partial charge in [0.15, 0.2) is 0 Å². The number of imidazole rings is 1. The Kier molecular flexibility index (Phi) is 2.90. The molecule has 1 aromatic heterocycles. The molecule has 0 aliphatic heterocycles. The summed E-state index contributed by atoms with van der Waals surface area (Å²) in [5.74, 6) is 0. The van der Waals surface area contributed by atoms with Crippen LogP contribution in [0.4, 0.5) is 0 Å². The van der Waals surface area contributed by atoms with Crippen LogP contribution in [0.3, 0.4) is 0 Å². The molecule has 106 valence electrons. The molecule has 0 aliphatic carbocycles. The van der Waals surface area contributed by atoms with Gasteiger partial charge in [0.25, 0.3) is 0 Å². The highest BCUT2D eigenvalue weighted by atomic mass is 16.1. The lowest BCUT2D eigenvalue weighted by Gasteiger charge is -2.10. The minimum absolute atomic E-state index is 0.177. The van der Waals surface area contributed by atoms with E-state index in [1.165, 1.54) is 11.1 Å². The number of aromatic amines is 2. The Hall–Kier alpha value is -3.07. The van der Waals surface area contributed by atoms with Crippen LogP contribution in [-0.2, 0) is 0 Å². The summed E-state index contributed by atoms with van der Waals surface area (Å²) in [6.45, 7) is 0. The van der Waals surface area contributed by atoms with Crippen LogP contribution < -0.4 is 5.69 Å². The first kappa shape index (κ1) is 12.7. The second-order valence-corrected chi connectivity index (χ2v) is 5.25. The topological polar surface area (TPSA) is 48.6 Å². The van der Waals surface area contributed by atoms with E-state index in [1.54, 1.807) is 0 Å². The molecular formula is C19H14N2O. The molecule has 0 spiro atoms. The monoisotopic (exact) mass is 286 g/mol. The van der Waals surface area contributed by atoms with E-state index >= 15 is 0 Å². The number of benzene rings is 3. The lowest BCUT2D eigenvalue weighted by atomic mass is 9.94. The summed E-state index contributed by atoms with van der Waals surface area (Å²) in [7, 11) is 0. The Morgan fingerprint density at radius 1 is 0.591 bits per heavy atom. The van der Waals surface area contributed by atoms with E-state index in [4.69, 9.17) is 0 Å². The van der Waals surface area contributed by atoms with E-state index in [1.807, 2.05) is 48.5 Å². The van der Waals surface area contributed by atoms with Gasteiger partial charge in [0.2, 0.25) is 0 Å². The number of fused-ring (bicyclic) bond motifs is 1. The van der Waals surface area contributed by atoms with Crippen molar-refractivity contribution in [2.45, 2.75) is 0 Å². The Bertz CT molecular complexity index is 997. The van der Waals surface area contributed by atoms with E-state index in [2.05, 4.69) is 34.2 Å². The average molecular weight is 286 g/mol. The summed E-state index contributed by atoms with van der Waals surface area (Å²) in [5, 5.41) is 0. The molecule has 2 N–H and O–H groups in total. The van der Waals surface area contributed by atoms with Gasteiger partial charge in [-0.3, -0.25) is 0 Å². The molecule has 3 aromatic carbocycles. The van der Waals surface area contributed by atoms with Gasteiger partial charge < -0.3 is 9.97 Å². The highest BCUT2D eigenvalue weighted by molar-refractivity contribution is 5.88. The molecule has 0 fully saturated rings. The molecule has 4 aromatic rings. The van der Waals surface area contributed by atoms with Gasteiger partial charge in [-0.2, -0.15) is 0 Å². The summed E-state index contributed by atoms with van der Waals surface area (Å²) < 4.78 is 0. The number of H-pyrrole nitrogens is 2. The molecule has 22 heavy (non-hydrogen) atoms. The third kappa shape index (κ3) is 2.13. The predicted octanol–water partition coefficient (Wildman–Crippen LogP) is 4.19. The quantitative estimate of drug-likeness (QED) is 0.570. The zero-order chi connectivity index (χ0) is 14.9. The molecule has 3 nitrogen and oxygen atoms in total. The van der Waals surface area contributed by atoms with Crippen molar-refractivity contribution in [3.8, 4) is 22.3 Å². The minimum Gasteiger partial charge on any atom is -0.306 e. The van der Waals surface area contributed by atoms with Crippen molar-refractivity contribution < 1.29 is 0 Å². The van der Waals surface area contributed by atoms with Gasteiger partial charge in [0, 0.05) is 0 Å². The van der Waals surface area contributed by atoms with Gasteiger partial charge in [-0.15, -0.1) is 0 Å². The van der Waals surface area contributed by atoms with Crippen molar-refractivity contribution in [2.75, 3.05) is 0 Å². The first-order chi connectivity index (χ1) is 10.8. The lowest BCUT2D eigenvalue weighted by molar-refractivity contribution is 1.22. The summed E-state index contributed by atoms with van der Waals surface area (Å²) in [5.41, 5.74) is 6.07. The maximum atomic E-state index is 11.4. The van der Waals surface area contributed by atoms with E-state index in [0.717, 1.165) is 22.2 Å². The van der Waals surface area contributed by atoms with Crippen LogP contribution in [0.5, 0.6) is 0 Å². The van der Waals surface area contributed by atoms with Gasteiger partial charge in [0.05, 0.1) is 11.0 Å². The molecule has 0 bridgehead atoms. The van der Waals surface area contributed by atoms with Crippen molar-refractivity contribution in [1.29, 1.82) is 0 Å². The van der Waals surface area contributed by atoms with Gasteiger partial charge >= 0.3 is 5.69 Å². The Morgan fingerprint density at radius 2 is 1.23 bits per heavy atom. The maximum Gasteiger partial charge on any atom is 0.323 e. The van der Waals surface area contributed by atoms with E-state index < -0.39 is 0 Å². The van der Waals surface area contributed by atoms with Crippen molar-refractivity contribution in [1.82, 2.24) is 9.97 Å². The fraction of sp³-hybridized carbons (Fsp3) is 0. The molecule has 1 heterocycles. The lowest BCUT2D eigenvalue weighted by Crippen LogP contribution is -1.99. The molecular weight excluding hydrogens is 272 g/mol. The normalized spacial score (nSPS) is 10.9. The molecule has 3 heteroatoms. The highest BCUT2D eigenvalue weighted by Crippen LogP contribution is 2.32. The van der Waals surface area contributed by atoms with E-state index in [9.17, 15) is 4.79 Å². The summed E-state index contributed by atoms with van der Waals surface area (Å²) in [6, 6.07) is 24.6. The fourth-order valence-corrected chi connectivity index (χ4v) is 2.80. The standard InChI is InChI=1S/C19H14N2O/c22-19-20-17-11-10-14(12-18(17)21-19)16-9-5-4-8-15(16)13-6-2-1-3-7-13/h1-12H,(H2,20,21,22). The molecule has 0 saturated heterocycles. The summed E-state index contributed by atoms with van der Waals surface area (Å²) >= 11 is 0. The van der Waals surface area contributed by atoms with Crippen molar-refractivity contribution >= 4 is 11.0 Å². The maximum absolute atomic E-state index is 11.4. The largest absolute Gasteiger partial charge is 0.323 e.